The van der Waals surface area contributed by atoms with Crippen molar-refractivity contribution in [2.75, 3.05) is 19.6 Å². The fraction of sp³-hybridized carbons (Fsp3) is 0.533. The first-order valence-electron chi connectivity index (χ1n) is 7.24. The van der Waals surface area contributed by atoms with Crippen LogP contribution in [0, 0.1) is 5.41 Å². The van der Waals surface area contributed by atoms with Crippen LogP contribution in [0.3, 0.4) is 0 Å². The van der Waals surface area contributed by atoms with Crippen molar-refractivity contribution in [1.82, 2.24) is 10.2 Å². The van der Waals surface area contributed by atoms with Gasteiger partial charge in [-0.3, -0.25) is 14.4 Å². The minimum Gasteiger partial charge on any atom is -0.481 e. The number of carboxylic acid groups (broad SMARTS) is 1. The topological polar surface area (TPSA) is 86.7 Å². The summed E-state index contributed by atoms with van der Waals surface area (Å²) in [4.78, 5) is 36.8. The summed E-state index contributed by atoms with van der Waals surface area (Å²) in [6.07, 6.45) is 1.46. The Labute approximate surface area is 133 Å². The van der Waals surface area contributed by atoms with Crippen LogP contribution in [0.15, 0.2) is 16.8 Å². The van der Waals surface area contributed by atoms with Crippen molar-refractivity contribution < 1.29 is 19.5 Å². The van der Waals surface area contributed by atoms with Crippen molar-refractivity contribution in [3.8, 4) is 0 Å². The molecule has 1 aliphatic rings. The van der Waals surface area contributed by atoms with Gasteiger partial charge in [0.2, 0.25) is 5.91 Å². The molecule has 2 rings (SSSR count). The van der Waals surface area contributed by atoms with Crippen molar-refractivity contribution in [1.29, 1.82) is 0 Å². The molecule has 0 aromatic carbocycles. The normalized spacial score (nSPS) is 21.4. The largest absolute Gasteiger partial charge is 0.481 e. The zero-order valence-electron chi connectivity index (χ0n) is 12.5. The summed E-state index contributed by atoms with van der Waals surface area (Å²) in [5, 5.41) is 15.5. The Morgan fingerprint density at radius 3 is 2.86 bits per heavy atom. The van der Waals surface area contributed by atoms with E-state index in [1.807, 2.05) is 5.38 Å². The van der Waals surface area contributed by atoms with Crippen LogP contribution in [0.5, 0.6) is 0 Å². The lowest BCUT2D eigenvalue weighted by Gasteiger charge is -2.37. The molecule has 22 heavy (non-hydrogen) atoms. The Morgan fingerprint density at radius 2 is 2.23 bits per heavy atom. The van der Waals surface area contributed by atoms with Crippen LogP contribution < -0.4 is 5.32 Å². The van der Waals surface area contributed by atoms with Crippen LogP contribution >= 0.6 is 11.3 Å². The SMILES string of the molecule is CC1(C(=O)O)CCCN(C(=O)CCNC(=O)c2ccsc2)C1. The van der Waals surface area contributed by atoms with E-state index in [0.29, 0.717) is 24.9 Å². The van der Waals surface area contributed by atoms with Crippen molar-refractivity contribution in [2.45, 2.75) is 26.2 Å². The van der Waals surface area contributed by atoms with Crippen LogP contribution in [0.4, 0.5) is 0 Å². The number of nitrogens with one attached hydrogen (secondary N) is 1. The maximum absolute atomic E-state index is 12.2. The molecule has 0 bridgehead atoms. The number of nitrogens with zero attached hydrogens (tertiary/aromatic N) is 1. The van der Waals surface area contributed by atoms with Crippen LogP contribution in [-0.4, -0.2) is 47.4 Å². The molecular formula is C15H20N2O4S. The molecule has 6 nitrogen and oxygen atoms in total. The molecule has 0 radical (unpaired) electrons. The smallest absolute Gasteiger partial charge is 0.311 e. The number of hydrogen-bond acceptors (Lipinski definition) is 4. The van der Waals surface area contributed by atoms with Gasteiger partial charge in [0, 0.05) is 37.0 Å². The van der Waals surface area contributed by atoms with Gasteiger partial charge in [0.1, 0.15) is 0 Å². The van der Waals surface area contributed by atoms with Crippen molar-refractivity contribution in [2.24, 2.45) is 5.41 Å². The summed E-state index contributed by atoms with van der Waals surface area (Å²) in [6, 6.07) is 1.73. The first kappa shape index (κ1) is 16.5. The first-order valence-corrected chi connectivity index (χ1v) is 8.18. The van der Waals surface area contributed by atoms with E-state index in [1.165, 1.54) is 11.3 Å². The summed E-state index contributed by atoms with van der Waals surface area (Å²) < 4.78 is 0. The summed E-state index contributed by atoms with van der Waals surface area (Å²) in [5.74, 6) is -1.17. The number of amides is 2. The average Bonchev–Trinajstić information content (AvgIpc) is 3.01. The highest BCUT2D eigenvalue weighted by atomic mass is 32.1. The lowest BCUT2D eigenvalue weighted by atomic mass is 9.82. The molecule has 1 aromatic rings. The number of piperidine rings is 1. The highest BCUT2D eigenvalue weighted by molar-refractivity contribution is 7.08. The standard InChI is InChI=1S/C15H20N2O4S/c1-15(14(20)21)5-2-7-17(10-15)12(18)3-6-16-13(19)11-4-8-22-9-11/h4,8-9H,2-3,5-7,10H2,1H3,(H,16,19)(H,20,21). The molecule has 1 saturated heterocycles. The van der Waals surface area contributed by atoms with Crippen LogP contribution in [0.25, 0.3) is 0 Å². The van der Waals surface area contributed by atoms with Crippen molar-refractivity contribution in [3.63, 3.8) is 0 Å². The summed E-state index contributed by atoms with van der Waals surface area (Å²) in [6.45, 7) is 2.75. The van der Waals surface area contributed by atoms with E-state index in [1.54, 1.807) is 23.3 Å². The number of carbonyl (C=O) groups excluding carboxylic acids is 2. The zero-order chi connectivity index (χ0) is 16.2. The molecule has 7 heteroatoms. The Kier molecular flexibility index (Phi) is 5.18. The summed E-state index contributed by atoms with van der Waals surface area (Å²) >= 11 is 1.44. The van der Waals surface area contributed by atoms with E-state index in [4.69, 9.17) is 0 Å². The molecule has 2 N–H and O–H groups in total. The number of aliphatic carboxylic acids is 1. The molecule has 1 fully saturated rings. The Morgan fingerprint density at radius 1 is 1.45 bits per heavy atom. The second-order valence-electron chi connectivity index (χ2n) is 5.80. The second kappa shape index (κ2) is 6.91. The molecule has 0 saturated carbocycles. The highest BCUT2D eigenvalue weighted by Crippen LogP contribution is 2.29. The highest BCUT2D eigenvalue weighted by Gasteiger charge is 2.39. The van der Waals surface area contributed by atoms with Gasteiger partial charge in [-0.15, -0.1) is 0 Å². The van der Waals surface area contributed by atoms with Crippen LogP contribution in [0.2, 0.25) is 0 Å². The summed E-state index contributed by atoms with van der Waals surface area (Å²) in [5.41, 5.74) is -0.276. The third-order valence-electron chi connectivity index (χ3n) is 3.97. The predicted molar refractivity (Wildman–Crippen MR) is 82.8 cm³/mol. The Balaban J connectivity index is 1.80. The van der Waals surface area contributed by atoms with E-state index in [9.17, 15) is 19.5 Å². The third kappa shape index (κ3) is 3.85. The average molecular weight is 324 g/mol. The van der Waals surface area contributed by atoms with Gasteiger partial charge in [-0.2, -0.15) is 11.3 Å². The van der Waals surface area contributed by atoms with Gasteiger partial charge in [-0.1, -0.05) is 0 Å². The third-order valence-corrected chi connectivity index (χ3v) is 4.66. The summed E-state index contributed by atoms with van der Waals surface area (Å²) in [7, 11) is 0. The molecular weight excluding hydrogens is 304 g/mol. The lowest BCUT2D eigenvalue weighted by Crippen LogP contribution is -2.48. The molecule has 1 aromatic heterocycles. The lowest BCUT2D eigenvalue weighted by molar-refractivity contribution is -0.153. The number of carboxylic acids is 1. The van der Waals surface area contributed by atoms with E-state index in [0.717, 1.165) is 0 Å². The molecule has 120 valence electrons. The number of hydrogen-bond donors (Lipinski definition) is 2. The van der Waals surface area contributed by atoms with Crippen molar-refractivity contribution in [3.05, 3.63) is 22.4 Å². The number of carbonyl (C=O) groups is 3. The van der Waals surface area contributed by atoms with Gasteiger partial charge in [0.05, 0.1) is 5.41 Å². The number of likely N-dealkylation sites (tertiary alicyclic amines) is 1. The zero-order valence-corrected chi connectivity index (χ0v) is 13.3. The van der Waals surface area contributed by atoms with E-state index in [2.05, 4.69) is 5.32 Å². The minimum atomic E-state index is -0.867. The Hall–Kier alpha value is -1.89. The van der Waals surface area contributed by atoms with Gasteiger partial charge in [-0.05, 0) is 31.2 Å². The molecule has 0 spiro atoms. The molecule has 1 atom stereocenters. The molecule has 0 aliphatic carbocycles. The number of thiophene rings is 1. The molecule has 2 amide bonds. The quantitative estimate of drug-likeness (QED) is 0.861. The van der Waals surface area contributed by atoms with E-state index >= 15 is 0 Å². The maximum Gasteiger partial charge on any atom is 0.311 e. The Bertz CT molecular complexity index is 558. The van der Waals surface area contributed by atoms with Gasteiger partial charge in [-0.25, -0.2) is 0 Å². The first-order chi connectivity index (χ1) is 10.4. The van der Waals surface area contributed by atoms with Gasteiger partial charge < -0.3 is 15.3 Å². The maximum atomic E-state index is 12.2. The molecule has 1 aliphatic heterocycles. The van der Waals surface area contributed by atoms with Crippen molar-refractivity contribution >= 4 is 29.1 Å². The molecule has 1 unspecified atom stereocenters. The van der Waals surface area contributed by atoms with Gasteiger partial charge in [0.25, 0.3) is 5.91 Å². The fourth-order valence-corrected chi connectivity index (χ4v) is 3.20. The minimum absolute atomic E-state index is 0.113. The fourth-order valence-electron chi connectivity index (χ4n) is 2.56. The van der Waals surface area contributed by atoms with Crippen LogP contribution in [0.1, 0.15) is 36.5 Å². The van der Waals surface area contributed by atoms with Crippen LogP contribution in [-0.2, 0) is 9.59 Å². The monoisotopic (exact) mass is 324 g/mol. The predicted octanol–water partition coefficient (Wildman–Crippen LogP) is 1.58. The number of rotatable bonds is 5. The van der Waals surface area contributed by atoms with E-state index in [-0.39, 0.29) is 31.3 Å². The van der Waals surface area contributed by atoms with E-state index < -0.39 is 11.4 Å². The second-order valence-corrected chi connectivity index (χ2v) is 6.58. The molecule has 2 heterocycles. The van der Waals surface area contributed by atoms with Gasteiger partial charge >= 0.3 is 5.97 Å². The van der Waals surface area contributed by atoms with Gasteiger partial charge in [0.15, 0.2) is 0 Å².